The number of nitrogens with zero attached hydrogens (tertiary/aromatic N) is 3. The summed E-state index contributed by atoms with van der Waals surface area (Å²) in [5.41, 5.74) is 1.08. The van der Waals surface area contributed by atoms with Gasteiger partial charge >= 0.3 is 0 Å². The second-order valence-electron chi connectivity index (χ2n) is 7.95. The minimum Gasteiger partial charge on any atom is -0.491 e. The van der Waals surface area contributed by atoms with Crippen LogP contribution in [0.15, 0.2) is 53.7 Å². The Hall–Kier alpha value is -2.09. The summed E-state index contributed by atoms with van der Waals surface area (Å²) < 4.78 is 7.47. The second kappa shape index (κ2) is 12.1. The van der Waals surface area contributed by atoms with Crippen molar-refractivity contribution in [3.63, 3.8) is 0 Å². The van der Waals surface area contributed by atoms with E-state index in [1.165, 1.54) is 4.90 Å². The van der Waals surface area contributed by atoms with Gasteiger partial charge in [-0.25, -0.2) is 4.57 Å². The molecule has 1 saturated heterocycles. The van der Waals surface area contributed by atoms with E-state index in [2.05, 4.69) is 44.3 Å². The third-order valence-electron chi connectivity index (χ3n) is 5.92. The van der Waals surface area contributed by atoms with Crippen LogP contribution in [0.4, 0.5) is 0 Å². The Morgan fingerprint density at radius 2 is 1.90 bits per heavy atom. The lowest BCUT2D eigenvalue weighted by Gasteiger charge is -2.34. The normalized spacial score (nSPS) is 16.1. The number of hydrogen-bond donors (Lipinski definition) is 1. The molecule has 1 aromatic heterocycles. The van der Waals surface area contributed by atoms with E-state index in [1.54, 1.807) is 18.9 Å². The predicted molar refractivity (Wildman–Crippen MR) is 126 cm³/mol. The molecule has 1 fully saturated rings. The highest BCUT2D eigenvalue weighted by atomic mass is 32.2. The number of methoxy groups -OCH3 is 1. The first kappa shape index (κ1) is 23.6. The molecule has 3 rings (SSSR count). The number of ether oxygens (including phenoxy) is 1. The third-order valence-corrected chi connectivity index (χ3v) is 6.65. The molecule has 0 bridgehead atoms. The average molecular weight is 444 g/mol. The van der Waals surface area contributed by atoms with Gasteiger partial charge in [-0.1, -0.05) is 12.1 Å². The van der Waals surface area contributed by atoms with Crippen LogP contribution in [0.5, 0.6) is 5.75 Å². The van der Waals surface area contributed by atoms with Gasteiger partial charge < -0.3 is 10.1 Å². The van der Waals surface area contributed by atoms with Crippen LogP contribution in [0.3, 0.4) is 0 Å². The highest BCUT2D eigenvalue weighted by molar-refractivity contribution is 7.98. The van der Waals surface area contributed by atoms with Crippen LogP contribution < -0.4 is 14.6 Å². The summed E-state index contributed by atoms with van der Waals surface area (Å²) in [5, 5.41) is 3.12. The number of piperazine rings is 1. The van der Waals surface area contributed by atoms with Gasteiger partial charge in [-0.05, 0) is 36.9 Å². The second-order valence-corrected chi connectivity index (χ2v) is 8.83. The average Bonchev–Trinajstić information content (AvgIpc) is 2.83. The fourth-order valence-corrected chi connectivity index (χ4v) is 4.27. The molecule has 31 heavy (non-hydrogen) atoms. The number of amides is 1. The lowest BCUT2D eigenvalue weighted by molar-refractivity contribution is -0.696. The highest BCUT2D eigenvalue weighted by Crippen LogP contribution is 2.21. The maximum Gasteiger partial charge on any atom is 0.227 e. The summed E-state index contributed by atoms with van der Waals surface area (Å²) in [7, 11) is 1.70. The van der Waals surface area contributed by atoms with Crippen molar-refractivity contribution >= 4 is 17.7 Å². The number of aromatic nitrogens is 1. The molecule has 1 atom stereocenters. The van der Waals surface area contributed by atoms with E-state index in [4.69, 9.17) is 4.74 Å². The fraction of sp³-hybridized carbons (Fsp3) is 0.500. The molecule has 1 aliphatic rings. The molecule has 0 spiro atoms. The Bertz CT molecular complexity index is 840. The maximum atomic E-state index is 12.5. The lowest BCUT2D eigenvalue weighted by Crippen LogP contribution is -2.50. The SMILES string of the molecule is COc1ccc[n+](CCN2CCN(CCNC(=O)[C@H](C)c3cccc(SC)c3)CC2)c1. The first-order valence-electron chi connectivity index (χ1n) is 11.0. The van der Waals surface area contributed by atoms with Crippen LogP contribution in [-0.2, 0) is 11.3 Å². The molecule has 168 valence electrons. The molecule has 7 heteroatoms. The van der Waals surface area contributed by atoms with Gasteiger partial charge in [0.15, 0.2) is 18.5 Å². The third kappa shape index (κ3) is 7.23. The van der Waals surface area contributed by atoms with E-state index < -0.39 is 0 Å². The van der Waals surface area contributed by atoms with Gasteiger partial charge in [0.1, 0.15) is 0 Å². The number of hydrogen-bond acceptors (Lipinski definition) is 5. The molecule has 1 amide bonds. The molecule has 0 aliphatic carbocycles. The minimum absolute atomic E-state index is 0.104. The van der Waals surface area contributed by atoms with Gasteiger partial charge in [-0.15, -0.1) is 11.8 Å². The zero-order valence-corrected chi connectivity index (χ0v) is 19.7. The monoisotopic (exact) mass is 443 g/mol. The van der Waals surface area contributed by atoms with Gasteiger partial charge in [-0.2, -0.15) is 0 Å². The van der Waals surface area contributed by atoms with Gasteiger partial charge in [0.05, 0.1) is 19.6 Å². The maximum absolute atomic E-state index is 12.5. The van der Waals surface area contributed by atoms with Crippen molar-refractivity contribution in [2.24, 2.45) is 0 Å². The summed E-state index contributed by atoms with van der Waals surface area (Å²) in [4.78, 5) is 18.7. The summed E-state index contributed by atoms with van der Waals surface area (Å²) >= 11 is 1.70. The number of rotatable bonds is 10. The molecule has 0 unspecified atom stereocenters. The lowest BCUT2D eigenvalue weighted by atomic mass is 10.0. The minimum atomic E-state index is -0.127. The smallest absolute Gasteiger partial charge is 0.227 e. The van der Waals surface area contributed by atoms with Crippen molar-refractivity contribution in [2.75, 3.05) is 59.2 Å². The van der Waals surface area contributed by atoms with Crippen LogP contribution in [0.2, 0.25) is 0 Å². The Morgan fingerprint density at radius 1 is 1.16 bits per heavy atom. The van der Waals surface area contributed by atoms with E-state index in [0.717, 1.165) is 57.1 Å². The first-order chi connectivity index (χ1) is 15.1. The van der Waals surface area contributed by atoms with Gasteiger partial charge in [-0.3, -0.25) is 14.6 Å². The Labute approximate surface area is 190 Å². The molecule has 1 aliphatic heterocycles. The van der Waals surface area contributed by atoms with Gasteiger partial charge in [0.25, 0.3) is 0 Å². The number of carbonyl (C=O) groups is 1. The zero-order valence-electron chi connectivity index (χ0n) is 18.9. The number of carbonyl (C=O) groups excluding carboxylic acids is 1. The van der Waals surface area contributed by atoms with Crippen molar-refractivity contribution in [1.29, 1.82) is 0 Å². The number of thioether (sulfide) groups is 1. The summed E-state index contributed by atoms with van der Waals surface area (Å²) in [6.45, 7) is 9.80. The topological polar surface area (TPSA) is 48.7 Å². The van der Waals surface area contributed by atoms with Crippen molar-refractivity contribution in [3.05, 3.63) is 54.4 Å². The van der Waals surface area contributed by atoms with E-state index >= 15 is 0 Å². The molecular formula is C24H35N4O2S+. The van der Waals surface area contributed by atoms with E-state index in [1.807, 2.05) is 37.4 Å². The predicted octanol–water partition coefficient (Wildman–Crippen LogP) is 2.24. The van der Waals surface area contributed by atoms with Crippen molar-refractivity contribution in [2.45, 2.75) is 24.3 Å². The van der Waals surface area contributed by atoms with Crippen LogP contribution in [0.25, 0.3) is 0 Å². The molecule has 0 radical (unpaired) electrons. The van der Waals surface area contributed by atoms with E-state index in [-0.39, 0.29) is 11.8 Å². The first-order valence-corrected chi connectivity index (χ1v) is 12.2. The summed E-state index contributed by atoms with van der Waals surface area (Å²) in [6.07, 6.45) is 6.18. The molecule has 1 N–H and O–H groups in total. The number of benzene rings is 1. The number of pyridine rings is 1. The largest absolute Gasteiger partial charge is 0.491 e. The van der Waals surface area contributed by atoms with Gasteiger partial charge in [0.2, 0.25) is 12.1 Å². The zero-order chi connectivity index (χ0) is 22.1. The van der Waals surface area contributed by atoms with E-state index in [9.17, 15) is 4.79 Å². The van der Waals surface area contributed by atoms with E-state index in [0.29, 0.717) is 6.54 Å². The Kier molecular flexibility index (Phi) is 9.18. The molecular weight excluding hydrogens is 408 g/mol. The van der Waals surface area contributed by atoms with Crippen molar-refractivity contribution in [3.8, 4) is 5.75 Å². The fourth-order valence-electron chi connectivity index (χ4n) is 3.80. The van der Waals surface area contributed by atoms with Crippen molar-refractivity contribution < 1.29 is 14.1 Å². The standard InChI is InChI=1S/C24H34N4O2S/c1-20(21-6-4-8-23(18-21)31-3)24(29)25-9-11-26-12-14-27(15-13-26)16-17-28-10-5-7-22(19-28)30-2/h4-8,10,18-20H,9,11-17H2,1-3H3/p+1/t20-/m1/s1. The van der Waals surface area contributed by atoms with Crippen LogP contribution in [0.1, 0.15) is 18.4 Å². The summed E-state index contributed by atoms with van der Waals surface area (Å²) in [6, 6.07) is 12.2. The Balaban J connectivity index is 1.34. The van der Waals surface area contributed by atoms with Gasteiger partial charge in [0, 0.05) is 50.2 Å². The molecule has 0 saturated carbocycles. The molecule has 2 heterocycles. The molecule has 2 aromatic rings. The quantitative estimate of drug-likeness (QED) is 0.451. The summed E-state index contributed by atoms with van der Waals surface area (Å²) in [5.74, 6) is 0.867. The highest BCUT2D eigenvalue weighted by Gasteiger charge is 2.19. The number of nitrogens with one attached hydrogen (secondary N) is 1. The van der Waals surface area contributed by atoms with Crippen LogP contribution in [0, 0.1) is 0 Å². The Morgan fingerprint density at radius 3 is 2.61 bits per heavy atom. The molecule has 1 aromatic carbocycles. The molecule has 6 nitrogen and oxygen atoms in total. The van der Waals surface area contributed by atoms with Crippen molar-refractivity contribution in [1.82, 2.24) is 15.1 Å². The van der Waals surface area contributed by atoms with Crippen LogP contribution in [-0.4, -0.2) is 74.9 Å². The van der Waals surface area contributed by atoms with Crippen LogP contribution >= 0.6 is 11.8 Å².